The molecule has 0 aromatic carbocycles. The number of rotatable bonds is 3. The zero-order chi connectivity index (χ0) is 21.1. The molecule has 1 aliphatic carbocycles. The first-order valence-corrected chi connectivity index (χ1v) is 10.4. The van der Waals surface area contributed by atoms with Crippen LogP contribution in [0.4, 0.5) is 14.7 Å². The molecule has 0 radical (unpaired) electrons. The number of hydrogen-bond donors (Lipinski definition) is 1. The first-order chi connectivity index (χ1) is 14.5. The summed E-state index contributed by atoms with van der Waals surface area (Å²) in [4.78, 5) is 8.19. The van der Waals surface area contributed by atoms with E-state index in [9.17, 15) is 8.78 Å². The fourth-order valence-electron chi connectivity index (χ4n) is 4.02. The van der Waals surface area contributed by atoms with Gasteiger partial charge < -0.3 is 10.1 Å². The minimum atomic E-state index is -2.51. The van der Waals surface area contributed by atoms with Crippen LogP contribution in [0.15, 0.2) is 43.0 Å². The largest absolute Gasteiger partial charge is 0.367 e. The number of hydrogen-bond acceptors (Lipinski definition) is 4. The van der Waals surface area contributed by atoms with E-state index in [0.717, 1.165) is 22.7 Å². The second kappa shape index (κ2) is 8.77. The molecule has 4 aromatic heterocycles. The molecule has 0 saturated heterocycles. The van der Waals surface area contributed by atoms with Gasteiger partial charge in [0.15, 0.2) is 0 Å². The topological polar surface area (TPSA) is 73.5 Å². The van der Waals surface area contributed by atoms with Crippen LogP contribution in [0, 0.1) is 5.92 Å². The van der Waals surface area contributed by atoms with Gasteiger partial charge in [0.1, 0.15) is 5.65 Å². The molecule has 5 rings (SSSR count). The van der Waals surface area contributed by atoms with Crippen molar-refractivity contribution in [3.8, 4) is 11.1 Å². The van der Waals surface area contributed by atoms with Gasteiger partial charge in [-0.05, 0) is 24.1 Å². The third-order valence-corrected chi connectivity index (χ3v) is 5.54. The summed E-state index contributed by atoms with van der Waals surface area (Å²) in [6.45, 7) is 2.36. The molecule has 0 amide bonds. The first-order valence-electron chi connectivity index (χ1n) is 10.4. The zero-order valence-electron chi connectivity index (χ0n) is 17.0. The molecular weight excluding hydrogens is 386 g/mol. The fourth-order valence-corrected chi connectivity index (χ4v) is 4.02. The van der Waals surface area contributed by atoms with Gasteiger partial charge in [-0.15, -0.1) is 5.10 Å². The monoisotopic (exact) mass is 412 g/mol. The molecule has 0 aliphatic heterocycles. The standard InChI is InChI=1S/C15H12F2N6.C7H14/c16-12(17)7-11-14-10(3-5-23(14)21-15(18)20-11)9-1-2-13-19-4-6-22(13)8-9;1-7-5-3-2-4-6-7/h1-6,8,12H,7H2,(H2,18,21);7H,2-6H2,1H3. The lowest BCUT2D eigenvalue weighted by atomic mass is 9.91. The van der Waals surface area contributed by atoms with Crippen LogP contribution in [0.2, 0.25) is 0 Å². The van der Waals surface area contributed by atoms with Gasteiger partial charge >= 0.3 is 0 Å². The average molecular weight is 412 g/mol. The number of pyridine rings is 1. The third kappa shape index (κ3) is 4.42. The van der Waals surface area contributed by atoms with E-state index in [4.69, 9.17) is 5.73 Å². The maximum Gasteiger partial charge on any atom is 0.244 e. The number of nitrogen functional groups attached to an aromatic ring is 1. The first kappa shape index (κ1) is 20.3. The number of alkyl halides is 2. The van der Waals surface area contributed by atoms with E-state index in [1.807, 2.05) is 35.0 Å². The van der Waals surface area contributed by atoms with Crippen LogP contribution in [0.1, 0.15) is 44.7 Å². The maximum absolute atomic E-state index is 12.9. The smallest absolute Gasteiger partial charge is 0.244 e. The van der Waals surface area contributed by atoms with Crippen molar-refractivity contribution in [3.05, 3.63) is 48.7 Å². The predicted octanol–water partition coefficient (Wildman–Crippen LogP) is 5.02. The molecule has 0 spiro atoms. The van der Waals surface area contributed by atoms with Gasteiger partial charge in [0.05, 0.1) is 17.6 Å². The highest BCUT2D eigenvalue weighted by molar-refractivity contribution is 5.82. The highest BCUT2D eigenvalue weighted by Crippen LogP contribution is 2.28. The van der Waals surface area contributed by atoms with Crippen molar-refractivity contribution < 1.29 is 8.78 Å². The normalized spacial score (nSPS) is 14.9. The van der Waals surface area contributed by atoms with Crippen LogP contribution in [0.3, 0.4) is 0 Å². The molecule has 4 heterocycles. The van der Waals surface area contributed by atoms with Crippen LogP contribution in [0.5, 0.6) is 0 Å². The van der Waals surface area contributed by atoms with Crippen LogP contribution in [0.25, 0.3) is 22.3 Å². The number of halogens is 2. The Morgan fingerprint density at radius 3 is 2.63 bits per heavy atom. The molecule has 0 bridgehead atoms. The van der Waals surface area contributed by atoms with Crippen LogP contribution < -0.4 is 5.73 Å². The molecule has 1 fully saturated rings. The zero-order valence-corrected chi connectivity index (χ0v) is 17.0. The van der Waals surface area contributed by atoms with Crippen LogP contribution in [-0.2, 0) is 6.42 Å². The molecule has 1 aliphatic rings. The second-order valence-corrected chi connectivity index (χ2v) is 7.89. The summed E-state index contributed by atoms with van der Waals surface area (Å²) < 4.78 is 29.1. The number of nitrogens with zero attached hydrogens (tertiary/aromatic N) is 5. The third-order valence-electron chi connectivity index (χ3n) is 5.54. The van der Waals surface area contributed by atoms with Gasteiger partial charge in [0.2, 0.25) is 12.4 Å². The van der Waals surface area contributed by atoms with Gasteiger partial charge in [0.25, 0.3) is 0 Å². The number of nitrogens with two attached hydrogens (primary N) is 1. The quantitative estimate of drug-likeness (QED) is 0.513. The SMILES string of the molecule is CC1CCCCC1.Nc1nc(CC(F)F)c2c(-c3ccc4nccn4c3)ccn2n1. The minimum Gasteiger partial charge on any atom is -0.367 e. The summed E-state index contributed by atoms with van der Waals surface area (Å²) in [6, 6.07) is 5.57. The van der Waals surface area contributed by atoms with E-state index >= 15 is 0 Å². The van der Waals surface area contributed by atoms with Gasteiger partial charge in [-0.3, -0.25) is 0 Å². The maximum atomic E-state index is 12.9. The Morgan fingerprint density at radius 2 is 1.93 bits per heavy atom. The van der Waals surface area contributed by atoms with Crippen LogP contribution >= 0.6 is 0 Å². The fraction of sp³-hybridized carbons (Fsp3) is 0.409. The molecular formula is C22H26F2N6. The summed E-state index contributed by atoms with van der Waals surface area (Å²) in [5.74, 6) is 1.01. The summed E-state index contributed by atoms with van der Waals surface area (Å²) in [5.41, 5.74) is 8.83. The van der Waals surface area contributed by atoms with E-state index in [1.165, 1.54) is 36.6 Å². The van der Waals surface area contributed by atoms with Crippen molar-refractivity contribution in [2.24, 2.45) is 5.92 Å². The Hall–Kier alpha value is -3.03. The van der Waals surface area contributed by atoms with E-state index in [-0.39, 0.29) is 11.6 Å². The van der Waals surface area contributed by atoms with Crippen molar-refractivity contribution in [2.75, 3.05) is 5.73 Å². The molecule has 0 atom stereocenters. The Kier molecular flexibility index (Phi) is 5.92. The van der Waals surface area contributed by atoms with Crippen LogP contribution in [-0.4, -0.2) is 30.4 Å². The second-order valence-electron chi connectivity index (χ2n) is 7.89. The van der Waals surface area contributed by atoms with Crippen molar-refractivity contribution in [3.63, 3.8) is 0 Å². The number of imidazole rings is 1. The molecule has 0 unspecified atom stereocenters. The summed E-state index contributed by atoms with van der Waals surface area (Å²) >= 11 is 0. The summed E-state index contributed by atoms with van der Waals surface area (Å²) in [7, 11) is 0. The van der Waals surface area contributed by atoms with Crippen molar-refractivity contribution in [1.82, 2.24) is 24.0 Å². The molecule has 2 N–H and O–H groups in total. The Labute approximate surface area is 173 Å². The number of aromatic nitrogens is 5. The van der Waals surface area contributed by atoms with Gasteiger partial charge in [-0.25, -0.2) is 23.3 Å². The Bertz CT molecular complexity index is 1130. The van der Waals surface area contributed by atoms with Crippen molar-refractivity contribution in [2.45, 2.75) is 51.9 Å². The van der Waals surface area contributed by atoms with Gasteiger partial charge in [0, 0.05) is 35.9 Å². The lowest BCUT2D eigenvalue weighted by Crippen LogP contribution is -2.08. The van der Waals surface area contributed by atoms with E-state index in [0.29, 0.717) is 5.52 Å². The Balaban J connectivity index is 0.000000265. The average Bonchev–Trinajstić information content (AvgIpc) is 3.34. The number of fused-ring (bicyclic) bond motifs is 2. The van der Waals surface area contributed by atoms with Crippen molar-refractivity contribution in [1.29, 1.82) is 0 Å². The molecule has 30 heavy (non-hydrogen) atoms. The molecule has 158 valence electrons. The highest BCUT2D eigenvalue weighted by atomic mass is 19.3. The minimum absolute atomic E-state index is 0.0274. The predicted molar refractivity (Wildman–Crippen MR) is 114 cm³/mol. The van der Waals surface area contributed by atoms with E-state index in [2.05, 4.69) is 22.0 Å². The lowest BCUT2D eigenvalue weighted by Gasteiger charge is -2.15. The summed E-state index contributed by atoms with van der Waals surface area (Å²) in [6.07, 6.45) is 11.6. The van der Waals surface area contributed by atoms with E-state index < -0.39 is 12.8 Å². The number of anilines is 1. The molecule has 4 aromatic rings. The summed E-state index contributed by atoms with van der Waals surface area (Å²) in [5, 5.41) is 4.06. The van der Waals surface area contributed by atoms with Gasteiger partial charge in [-0.1, -0.05) is 39.0 Å². The van der Waals surface area contributed by atoms with E-state index in [1.54, 1.807) is 12.4 Å². The molecule has 1 saturated carbocycles. The molecule has 6 nitrogen and oxygen atoms in total. The molecule has 8 heteroatoms. The lowest BCUT2D eigenvalue weighted by molar-refractivity contribution is 0.148. The van der Waals surface area contributed by atoms with Crippen molar-refractivity contribution >= 4 is 17.1 Å². The van der Waals surface area contributed by atoms with Gasteiger partial charge in [-0.2, -0.15) is 0 Å². The Morgan fingerprint density at radius 1 is 1.13 bits per heavy atom. The highest BCUT2D eigenvalue weighted by Gasteiger charge is 2.17.